The summed E-state index contributed by atoms with van der Waals surface area (Å²) in [6.07, 6.45) is 3.67. The van der Waals surface area contributed by atoms with E-state index in [-0.39, 0.29) is 23.8 Å². The molecular weight excluding hydrogens is 328 g/mol. The minimum Gasteiger partial charge on any atom is -0.376 e. The van der Waals surface area contributed by atoms with Gasteiger partial charge in [0.25, 0.3) is 5.91 Å². The van der Waals surface area contributed by atoms with Crippen LogP contribution in [0, 0.1) is 5.92 Å². The lowest BCUT2D eigenvalue weighted by Crippen LogP contribution is -2.44. The van der Waals surface area contributed by atoms with Crippen molar-refractivity contribution in [3.05, 3.63) is 34.9 Å². The van der Waals surface area contributed by atoms with E-state index in [4.69, 9.17) is 16.3 Å². The summed E-state index contributed by atoms with van der Waals surface area (Å²) >= 11 is 5.85. The van der Waals surface area contributed by atoms with Crippen molar-refractivity contribution in [2.75, 3.05) is 26.2 Å². The maximum absolute atomic E-state index is 12.5. The van der Waals surface area contributed by atoms with Gasteiger partial charge in [-0.15, -0.1) is 0 Å². The van der Waals surface area contributed by atoms with Crippen molar-refractivity contribution in [2.45, 2.75) is 31.8 Å². The van der Waals surface area contributed by atoms with Gasteiger partial charge in [0.05, 0.1) is 6.10 Å². The van der Waals surface area contributed by atoms with Crippen molar-refractivity contribution in [1.82, 2.24) is 10.2 Å². The number of amides is 2. The number of hydrogen-bond acceptors (Lipinski definition) is 3. The Morgan fingerprint density at radius 3 is 2.50 bits per heavy atom. The molecule has 24 heavy (non-hydrogen) atoms. The topological polar surface area (TPSA) is 58.6 Å². The van der Waals surface area contributed by atoms with Gasteiger partial charge in [-0.05, 0) is 49.9 Å². The Kier molecular flexibility index (Phi) is 5.74. The van der Waals surface area contributed by atoms with Crippen molar-refractivity contribution < 1.29 is 14.3 Å². The maximum Gasteiger partial charge on any atom is 0.253 e. The number of nitrogens with one attached hydrogen (secondary N) is 1. The first-order chi connectivity index (χ1) is 11.6. The molecule has 2 fully saturated rings. The van der Waals surface area contributed by atoms with Gasteiger partial charge in [-0.1, -0.05) is 11.6 Å². The first kappa shape index (κ1) is 17.2. The van der Waals surface area contributed by atoms with Gasteiger partial charge < -0.3 is 15.0 Å². The van der Waals surface area contributed by atoms with Crippen LogP contribution in [0.2, 0.25) is 5.02 Å². The molecule has 1 aromatic rings. The van der Waals surface area contributed by atoms with Crippen molar-refractivity contribution in [1.29, 1.82) is 0 Å². The largest absolute Gasteiger partial charge is 0.376 e. The summed E-state index contributed by atoms with van der Waals surface area (Å²) in [4.78, 5) is 26.5. The Bertz CT molecular complexity index is 576. The molecule has 6 heteroatoms. The van der Waals surface area contributed by atoms with Crippen LogP contribution in [0.1, 0.15) is 36.0 Å². The second-order valence-corrected chi connectivity index (χ2v) is 6.89. The molecule has 0 saturated carbocycles. The van der Waals surface area contributed by atoms with Gasteiger partial charge >= 0.3 is 0 Å². The zero-order valence-corrected chi connectivity index (χ0v) is 14.4. The van der Waals surface area contributed by atoms with Crippen molar-refractivity contribution in [3.8, 4) is 0 Å². The minimum atomic E-state index is -0.0133. The predicted octanol–water partition coefficient (Wildman–Crippen LogP) is 2.49. The number of carbonyl (C=O) groups excluding carboxylic acids is 2. The van der Waals surface area contributed by atoms with Crippen molar-refractivity contribution >= 4 is 23.4 Å². The molecule has 130 valence electrons. The lowest BCUT2D eigenvalue weighted by molar-refractivity contribution is -0.126. The van der Waals surface area contributed by atoms with Crippen LogP contribution in [0.3, 0.4) is 0 Å². The van der Waals surface area contributed by atoms with E-state index in [1.54, 1.807) is 24.3 Å². The highest BCUT2D eigenvalue weighted by molar-refractivity contribution is 6.30. The molecule has 1 aromatic carbocycles. The van der Waals surface area contributed by atoms with Gasteiger partial charge in [0.2, 0.25) is 5.91 Å². The second kappa shape index (κ2) is 7.99. The molecule has 0 unspecified atom stereocenters. The second-order valence-electron chi connectivity index (χ2n) is 6.45. The van der Waals surface area contributed by atoms with Gasteiger partial charge in [0, 0.05) is 42.7 Å². The van der Waals surface area contributed by atoms with Crippen LogP contribution in [0.25, 0.3) is 0 Å². The Labute approximate surface area is 147 Å². The van der Waals surface area contributed by atoms with Crippen LogP contribution in [0.4, 0.5) is 0 Å². The predicted molar refractivity (Wildman–Crippen MR) is 92.1 cm³/mol. The molecule has 2 aliphatic rings. The van der Waals surface area contributed by atoms with Crippen LogP contribution in [-0.2, 0) is 9.53 Å². The summed E-state index contributed by atoms with van der Waals surface area (Å²) in [5, 5.41) is 3.61. The molecule has 0 aliphatic carbocycles. The molecule has 0 aromatic heterocycles. The molecule has 0 spiro atoms. The maximum atomic E-state index is 12.5. The number of halogens is 1. The molecular formula is C18H23ClN2O3. The number of ether oxygens (including phenoxy) is 1. The molecule has 1 N–H and O–H groups in total. The normalized spacial score (nSPS) is 21.7. The highest BCUT2D eigenvalue weighted by Gasteiger charge is 2.28. The lowest BCUT2D eigenvalue weighted by Gasteiger charge is -2.31. The smallest absolute Gasteiger partial charge is 0.253 e. The quantitative estimate of drug-likeness (QED) is 0.907. The first-order valence-corrected chi connectivity index (χ1v) is 8.95. The van der Waals surface area contributed by atoms with Crippen molar-refractivity contribution in [3.63, 3.8) is 0 Å². The number of likely N-dealkylation sites (tertiary alicyclic amines) is 1. The zero-order chi connectivity index (χ0) is 16.9. The Balaban J connectivity index is 1.45. The van der Waals surface area contributed by atoms with E-state index >= 15 is 0 Å². The molecule has 1 atom stereocenters. The number of rotatable bonds is 4. The zero-order valence-electron chi connectivity index (χ0n) is 13.7. The average Bonchev–Trinajstić information content (AvgIpc) is 3.13. The Hall–Kier alpha value is -1.59. The van der Waals surface area contributed by atoms with Crippen LogP contribution < -0.4 is 5.32 Å². The van der Waals surface area contributed by atoms with E-state index < -0.39 is 0 Å². The molecule has 5 nitrogen and oxygen atoms in total. The number of hydrogen-bond donors (Lipinski definition) is 1. The summed E-state index contributed by atoms with van der Waals surface area (Å²) in [6, 6.07) is 6.93. The van der Waals surface area contributed by atoms with E-state index in [1.807, 2.05) is 4.90 Å². The van der Waals surface area contributed by atoms with Gasteiger partial charge in [-0.3, -0.25) is 9.59 Å². The van der Waals surface area contributed by atoms with Gasteiger partial charge in [0.1, 0.15) is 0 Å². The molecule has 0 radical (unpaired) electrons. The molecule has 2 heterocycles. The van der Waals surface area contributed by atoms with E-state index in [0.717, 1.165) is 19.4 Å². The summed E-state index contributed by atoms with van der Waals surface area (Å²) < 4.78 is 5.52. The monoisotopic (exact) mass is 350 g/mol. The van der Waals surface area contributed by atoms with Crippen LogP contribution in [-0.4, -0.2) is 49.1 Å². The SMILES string of the molecule is O=C(NC[C@H]1CCCO1)C1CCN(C(=O)c2ccc(Cl)cc2)CC1. The first-order valence-electron chi connectivity index (χ1n) is 8.57. The Morgan fingerprint density at radius 2 is 1.88 bits per heavy atom. The van der Waals surface area contributed by atoms with Crippen LogP contribution >= 0.6 is 11.6 Å². The van der Waals surface area contributed by atoms with E-state index in [1.165, 1.54) is 0 Å². The minimum absolute atomic E-state index is 0.00452. The fourth-order valence-electron chi connectivity index (χ4n) is 3.28. The van der Waals surface area contributed by atoms with Gasteiger partial charge in [-0.2, -0.15) is 0 Å². The number of benzene rings is 1. The summed E-state index contributed by atoms with van der Waals surface area (Å²) in [5.41, 5.74) is 0.640. The third kappa shape index (κ3) is 4.28. The van der Waals surface area contributed by atoms with Gasteiger partial charge in [-0.25, -0.2) is 0 Å². The third-order valence-corrected chi connectivity index (χ3v) is 5.02. The van der Waals surface area contributed by atoms with E-state index in [2.05, 4.69) is 5.32 Å². The highest BCUT2D eigenvalue weighted by Crippen LogP contribution is 2.20. The number of nitrogens with zero attached hydrogens (tertiary/aromatic N) is 1. The summed E-state index contributed by atoms with van der Waals surface area (Å²) in [5.74, 6) is 0.0784. The number of piperidine rings is 1. The standard InChI is InChI=1S/C18H23ClN2O3/c19-15-5-3-14(4-6-15)18(23)21-9-7-13(8-10-21)17(22)20-12-16-2-1-11-24-16/h3-6,13,16H,1-2,7-12H2,(H,20,22)/t16-/m1/s1. The summed E-state index contributed by atoms with van der Waals surface area (Å²) in [6.45, 7) is 2.62. The van der Waals surface area contributed by atoms with E-state index in [0.29, 0.717) is 43.1 Å². The van der Waals surface area contributed by atoms with Crippen LogP contribution in [0.15, 0.2) is 24.3 Å². The highest BCUT2D eigenvalue weighted by atomic mass is 35.5. The Morgan fingerprint density at radius 1 is 1.17 bits per heavy atom. The molecule has 2 amide bonds. The average molecular weight is 351 g/mol. The van der Waals surface area contributed by atoms with Crippen molar-refractivity contribution in [2.24, 2.45) is 5.92 Å². The number of carbonyl (C=O) groups is 2. The van der Waals surface area contributed by atoms with Gasteiger partial charge in [0.15, 0.2) is 0 Å². The molecule has 3 rings (SSSR count). The molecule has 2 aliphatic heterocycles. The fourth-order valence-corrected chi connectivity index (χ4v) is 3.41. The lowest BCUT2D eigenvalue weighted by atomic mass is 9.95. The molecule has 0 bridgehead atoms. The van der Waals surface area contributed by atoms with Crippen LogP contribution in [0.5, 0.6) is 0 Å². The van der Waals surface area contributed by atoms with E-state index in [9.17, 15) is 9.59 Å². The molecule has 2 saturated heterocycles. The third-order valence-electron chi connectivity index (χ3n) is 4.77. The fraction of sp³-hybridized carbons (Fsp3) is 0.556. The summed E-state index contributed by atoms with van der Waals surface area (Å²) in [7, 11) is 0.